The van der Waals surface area contributed by atoms with Gasteiger partial charge in [0.1, 0.15) is 0 Å². The molecule has 21 heavy (non-hydrogen) atoms. The minimum atomic E-state index is -0.437. The van der Waals surface area contributed by atoms with Crippen LogP contribution in [-0.4, -0.2) is 39.0 Å². The Hall–Kier alpha value is -1.57. The number of ether oxygens (including phenoxy) is 1. The Morgan fingerprint density at radius 3 is 2.62 bits per heavy atom. The summed E-state index contributed by atoms with van der Waals surface area (Å²) in [4.78, 5) is 25.7. The van der Waals surface area contributed by atoms with Gasteiger partial charge in [0, 0.05) is 0 Å². The van der Waals surface area contributed by atoms with Crippen molar-refractivity contribution >= 4 is 38.2 Å². The molecule has 3 rings (SSSR count). The summed E-state index contributed by atoms with van der Waals surface area (Å²) in [6.45, 7) is 2.80. The molecular weight excluding hydrogens is 382 g/mol. The predicted molar refractivity (Wildman–Crippen MR) is 81.6 cm³/mol. The first kappa shape index (κ1) is 14.4. The number of para-hydroxylation sites is 2. The molecule has 108 valence electrons. The molecule has 0 spiro atoms. The summed E-state index contributed by atoms with van der Waals surface area (Å²) in [6.07, 6.45) is 3.36. The van der Waals surface area contributed by atoms with Gasteiger partial charge in [0.05, 0.1) is 0 Å². The number of carbonyl (C=O) groups excluding carboxylic acids is 2. The van der Waals surface area contributed by atoms with E-state index in [4.69, 9.17) is 4.74 Å². The van der Waals surface area contributed by atoms with Gasteiger partial charge < -0.3 is 0 Å². The number of allylic oxidation sites excluding steroid dienone is 3. The van der Waals surface area contributed by atoms with Gasteiger partial charge in [-0.1, -0.05) is 0 Å². The van der Waals surface area contributed by atoms with Crippen LogP contribution in [0.3, 0.4) is 0 Å². The molecule has 0 radical (unpaired) electrons. The Labute approximate surface area is 133 Å². The number of Topliss-reactive ketones (excluding diaryl/α,β-unsaturated/α-hetero) is 2. The molecule has 0 aromatic heterocycles. The quantitative estimate of drug-likeness (QED) is 0.437. The van der Waals surface area contributed by atoms with Gasteiger partial charge in [-0.05, 0) is 0 Å². The van der Waals surface area contributed by atoms with E-state index in [1.165, 1.54) is 0 Å². The van der Waals surface area contributed by atoms with E-state index < -0.39 is 20.9 Å². The summed E-state index contributed by atoms with van der Waals surface area (Å²) in [7, 11) is 0. The molecular formula is C16H15NO3Te. The van der Waals surface area contributed by atoms with E-state index in [1.807, 2.05) is 36.1 Å². The summed E-state index contributed by atoms with van der Waals surface area (Å²) >= 11 is -0.437. The third-order valence-electron chi connectivity index (χ3n) is 3.41. The van der Waals surface area contributed by atoms with E-state index in [1.54, 1.807) is 12.2 Å². The second-order valence-electron chi connectivity index (χ2n) is 4.74. The summed E-state index contributed by atoms with van der Waals surface area (Å²) < 4.78 is 6.98. The van der Waals surface area contributed by atoms with E-state index in [0.29, 0.717) is 20.4 Å². The van der Waals surface area contributed by atoms with Gasteiger partial charge in [-0.3, -0.25) is 0 Å². The van der Waals surface area contributed by atoms with Crippen LogP contribution >= 0.6 is 0 Å². The number of fused-ring (bicyclic) bond motifs is 1. The SMILES string of the molecule is CCN1C(=CC=C2C(=O)C[Te]CC2=O)Oc2ccccc21. The first-order valence-corrected chi connectivity index (χ1v) is 10.1. The molecule has 0 unspecified atom stereocenters. The number of carbonyl (C=O) groups is 2. The molecule has 0 amide bonds. The second kappa shape index (κ2) is 6.05. The summed E-state index contributed by atoms with van der Waals surface area (Å²) in [5.41, 5.74) is 1.34. The van der Waals surface area contributed by atoms with Gasteiger partial charge in [-0.15, -0.1) is 0 Å². The van der Waals surface area contributed by atoms with Crippen molar-refractivity contribution < 1.29 is 14.3 Å². The molecule has 2 heterocycles. The van der Waals surface area contributed by atoms with Crippen molar-refractivity contribution in [1.29, 1.82) is 0 Å². The van der Waals surface area contributed by atoms with Gasteiger partial charge in [0.2, 0.25) is 0 Å². The number of nitrogens with zero attached hydrogens (tertiary/aromatic N) is 1. The summed E-state index contributed by atoms with van der Waals surface area (Å²) in [5.74, 6) is 1.44. The number of benzene rings is 1. The van der Waals surface area contributed by atoms with Crippen LogP contribution in [0.5, 0.6) is 5.75 Å². The zero-order valence-electron chi connectivity index (χ0n) is 11.7. The molecule has 0 atom stereocenters. The van der Waals surface area contributed by atoms with Crippen molar-refractivity contribution in [3.8, 4) is 5.75 Å². The maximum atomic E-state index is 11.8. The Balaban J connectivity index is 1.91. The van der Waals surface area contributed by atoms with Crippen LogP contribution in [0.15, 0.2) is 47.9 Å². The number of anilines is 1. The van der Waals surface area contributed by atoms with E-state index >= 15 is 0 Å². The van der Waals surface area contributed by atoms with Gasteiger partial charge >= 0.3 is 133 Å². The zero-order chi connectivity index (χ0) is 14.8. The third-order valence-corrected chi connectivity index (χ3v) is 6.07. The Bertz CT molecular complexity index is 645. The fourth-order valence-electron chi connectivity index (χ4n) is 2.39. The normalized spacial score (nSPS) is 19.8. The molecule has 0 aliphatic carbocycles. The fourth-order valence-corrected chi connectivity index (χ4v) is 4.63. The number of ketones is 2. The maximum absolute atomic E-state index is 11.8. The second-order valence-corrected chi connectivity index (χ2v) is 7.55. The molecule has 4 nitrogen and oxygen atoms in total. The van der Waals surface area contributed by atoms with Crippen LogP contribution in [0.25, 0.3) is 0 Å². The minimum absolute atomic E-state index is 0.0101. The molecule has 0 saturated carbocycles. The van der Waals surface area contributed by atoms with Crippen LogP contribution in [0.2, 0.25) is 8.94 Å². The van der Waals surface area contributed by atoms with E-state index in [9.17, 15) is 9.59 Å². The average molecular weight is 397 g/mol. The van der Waals surface area contributed by atoms with Crippen LogP contribution < -0.4 is 9.64 Å². The van der Waals surface area contributed by atoms with Crippen LogP contribution in [0, 0.1) is 0 Å². The van der Waals surface area contributed by atoms with Crippen molar-refractivity contribution in [3.05, 3.63) is 47.9 Å². The van der Waals surface area contributed by atoms with Crippen molar-refractivity contribution in [3.63, 3.8) is 0 Å². The summed E-state index contributed by atoms with van der Waals surface area (Å²) in [5, 5.41) is 0. The Morgan fingerprint density at radius 2 is 1.90 bits per heavy atom. The number of rotatable bonds is 2. The van der Waals surface area contributed by atoms with Gasteiger partial charge in [0.25, 0.3) is 0 Å². The van der Waals surface area contributed by atoms with Gasteiger partial charge in [-0.25, -0.2) is 0 Å². The zero-order valence-corrected chi connectivity index (χ0v) is 14.0. The first-order valence-electron chi connectivity index (χ1n) is 6.81. The standard InChI is InChI=1S/C16H15NO3Te/c1-2-17-12-5-3-4-6-15(12)20-16(17)8-7-11-13(18)9-21-10-14(11)19/h3-8H,2,9-10H2,1H3. The van der Waals surface area contributed by atoms with Crippen molar-refractivity contribution in [2.75, 3.05) is 11.4 Å². The molecule has 5 heteroatoms. The monoisotopic (exact) mass is 399 g/mol. The van der Waals surface area contributed by atoms with Crippen molar-refractivity contribution in [2.24, 2.45) is 0 Å². The van der Waals surface area contributed by atoms with Crippen LogP contribution in [0.1, 0.15) is 6.92 Å². The molecule has 1 fully saturated rings. The summed E-state index contributed by atoms with van der Waals surface area (Å²) in [6, 6.07) is 7.79. The average Bonchev–Trinajstić information content (AvgIpc) is 2.84. The fraction of sp³-hybridized carbons (Fsp3) is 0.250. The van der Waals surface area contributed by atoms with Crippen molar-refractivity contribution in [2.45, 2.75) is 15.9 Å². The molecule has 2 aliphatic heterocycles. The van der Waals surface area contributed by atoms with Crippen molar-refractivity contribution in [1.82, 2.24) is 0 Å². The Kier molecular flexibility index (Phi) is 4.14. The molecule has 1 aromatic rings. The topological polar surface area (TPSA) is 46.6 Å². The molecule has 0 bridgehead atoms. The van der Waals surface area contributed by atoms with Crippen LogP contribution in [0.4, 0.5) is 5.69 Å². The van der Waals surface area contributed by atoms with Crippen LogP contribution in [-0.2, 0) is 9.59 Å². The molecule has 2 aliphatic rings. The van der Waals surface area contributed by atoms with Gasteiger partial charge in [0.15, 0.2) is 0 Å². The molecule has 1 aromatic carbocycles. The number of hydrogen-bond donors (Lipinski definition) is 0. The first-order chi connectivity index (χ1) is 10.2. The van der Waals surface area contributed by atoms with E-state index in [0.717, 1.165) is 18.0 Å². The Morgan fingerprint density at radius 1 is 1.19 bits per heavy atom. The predicted octanol–water partition coefficient (Wildman–Crippen LogP) is 2.37. The van der Waals surface area contributed by atoms with Gasteiger partial charge in [-0.2, -0.15) is 0 Å². The van der Waals surface area contributed by atoms with E-state index in [2.05, 4.69) is 0 Å². The number of hydrogen-bond acceptors (Lipinski definition) is 4. The molecule has 1 saturated heterocycles. The van der Waals surface area contributed by atoms with E-state index in [-0.39, 0.29) is 11.6 Å². The third kappa shape index (κ3) is 2.76. The molecule has 0 N–H and O–H groups in total.